The van der Waals surface area contributed by atoms with E-state index in [1.807, 2.05) is 21.1 Å². The first kappa shape index (κ1) is 68.0. The van der Waals surface area contributed by atoms with Gasteiger partial charge in [-0.1, -0.05) is 207 Å². The summed E-state index contributed by atoms with van der Waals surface area (Å²) in [5.74, 6) is -2.05. The van der Waals surface area contributed by atoms with E-state index >= 15 is 0 Å². The fraction of sp³-hybridized carbons (Fsp3) is 0.667. The van der Waals surface area contributed by atoms with Crippen molar-refractivity contribution in [3.8, 4) is 0 Å². The van der Waals surface area contributed by atoms with Crippen LogP contribution in [0.4, 0.5) is 0 Å². The quantitative estimate of drug-likeness (QED) is 0.0211. The fourth-order valence-corrected chi connectivity index (χ4v) is 7.38. The Balaban J connectivity index is 4.32. The summed E-state index contributed by atoms with van der Waals surface area (Å²) in [6.07, 6.45) is 70.2. The van der Waals surface area contributed by atoms with Gasteiger partial charge >= 0.3 is 17.9 Å². The summed E-state index contributed by atoms with van der Waals surface area (Å²) >= 11 is 0. The summed E-state index contributed by atoms with van der Waals surface area (Å²) in [5.41, 5.74) is 0. The van der Waals surface area contributed by atoms with E-state index < -0.39 is 24.3 Å². The number of hydrogen-bond donors (Lipinski definition) is 1. The molecular formula is C63H106NO8+. The van der Waals surface area contributed by atoms with Crippen LogP contribution in [0.1, 0.15) is 213 Å². The standard InChI is InChI=1S/C63H105NO8/c1-6-8-10-12-14-16-18-20-22-24-25-26-27-28-29-30-31-32-33-34-35-36-37-38-40-42-44-46-48-50-52-54-61(66)72-59(58-71-63(62(67)68)69-56-55-64(3,4)5)57-70-60(65)53-51-49-47-45-43-41-39-23-21-19-17-15-13-11-9-7-2/h8,10,14,16,20,22-23,25-26,28-29,31-32,34-35,37-39,59,63H,6-7,9,11-13,15,17-19,21,24,27,30,33,36,40-58H2,1-5H3/p+1/b10-8-,16-14-,22-20-,26-25-,29-28-,32-31-,35-34-,38-37-,39-23-. The number of carboxylic acids is 1. The van der Waals surface area contributed by atoms with E-state index in [4.69, 9.17) is 18.9 Å². The molecule has 0 aromatic heterocycles. The van der Waals surface area contributed by atoms with E-state index in [-0.39, 0.29) is 38.6 Å². The SMILES string of the molecule is CC/C=C\C/C=C\C/C=C\C/C=C\C/C=C\C/C=C\C/C=C\C/C=C\CCCCCCCCC(=O)OC(COC(=O)CCCCCCC/C=C\CCCCCCCCC)COC(OCC[N+](C)(C)C)C(=O)O. The van der Waals surface area contributed by atoms with Gasteiger partial charge in [0, 0.05) is 12.8 Å². The van der Waals surface area contributed by atoms with E-state index in [9.17, 15) is 19.5 Å². The van der Waals surface area contributed by atoms with Crippen molar-refractivity contribution in [3.63, 3.8) is 0 Å². The lowest BCUT2D eigenvalue weighted by Crippen LogP contribution is -2.40. The van der Waals surface area contributed by atoms with Crippen LogP contribution in [0.25, 0.3) is 0 Å². The van der Waals surface area contributed by atoms with Gasteiger partial charge in [0.2, 0.25) is 0 Å². The molecule has 72 heavy (non-hydrogen) atoms. The maximum absolute atomic E-state index is 12.9. The first-order valence-corrected chi connectivity index (χ1v) is 28.6. The lowest BCUT2D eigenvalue weighted by Gasteiger charge is -2.25. The van der Waals surface area contributed by atoms with E-state index in [2.05, 4.69) is 123 Å². The van der Waals surface area contributed by atoms with Crippen LogP contribution in [0.5, 0.6) is 0 Å². The number of ether oxygens (including phenoxy) is 4. The van der Waals surface area contributed by atoms with Gasteiger partial charge in [0.05, 0.1) is 34.4 Å². The summed E-state index contributed by atoms with van der Waals surface area (Å²) in [5, 5.41) is 9.69. The van der Waals surface area contributed by atoms with Crippen LogP contribution in [-0.2, 0) is 33.3 Å². The van der Waals surface area contributed by atoms with Gasteiger partial charge in [-0.15, -0.1) is 0 Å². The van der Waals surface area contributed by atoms with Gasteiger partial charge in [-0.05, 0) is 103 Å². The van der Waals surface area contributed by atoms with Gasteiger partial charge in [0.25, 0.3) is 6.29 Å². The molecule has 0 amide bonds. The molecule has 0 aromatic rings. The third-order valence-corrected chi connectivity index (χ3v) is 11.8. The minimum Gasteiger partial charge on any atom is -0.477 e. The predicted octanol–water partition coefficient (Wildman–Crippen LogP) is 16.7. The molecule has 0 rings (SSSR count). The number of carbonyl (C=O) groups excluding carboxylic acids is 2. The third-order valence-electron chi connectivity index (χ3n) is 11.8. The molecule has 0 bridgehead atoms. The Morgan fingerprint density at radius 3 is 1.19 bits per heavy atom. The number of hydrogen-bond acceptors (Lipinski definition) is 7. The largest absolute Gasteiger partial charge is 0.477 e. The molecule has 0 saturated carbocycles. The molecule has 1 N–H and O–H groups in total. The highest BCUT2D eigenvalue weighted by Gasteiger charge is 2.25. The minimum absolute atomic E-state index is 0.178. The predicted molar refractivity (Wildman–Crippen MR) is 304 cm³/mol. The molecule has 9 nitrogen and oxygen atoms in total. The van der Waals surface area contributed by atoms with Gasteiger partial charge in [0.15, 0.2) is 6.10 Å². The van der Waals surface area contributed by atoms with Crippen LogP contribution in [0.15, 0.2) is 109 Å². The Morgan fingerprint density at radius 1 is 0.431 bits per heavy atom. The molecule has 0 spiro atoms. The Hall–Kier alpha value is -4.05. The summed E-state index contributed by atoms with van der Waals surface area (Å²) in [6.45, 7) is 4.72. The molecule has 410 valence electrons. The van der Waals surface area contributed by atoms with Crippen molar-refractivity contribution in [1.82, 2.24) is 0 Å². The van der Waals surface area contributed by atoms with Crippen molar-refractivity contribution < 1.29 is 42.9 Å². The highest BCUT2D eigenvalue weighted by Crippen LogP contribution is 2.14. The van der Waals surface area contributed by atoms with Crippen molar-refractivity contribution in [1.29, 1.82) is 0 Å². The molecule has 0 aliphatic carbocycles. The van der Waals surface area contributed by atoms with Crippen LogP contribution >= 0.6 is 0 Å². The number of allylic oxidation sites excluding steroid dienone is 18. The number of unbranched alkanes of at least 4 members (excludes halogenated alkanes) is 18. The molecule has 2 unspecified atom stereocenters. The zero-order chi connectivity index (χ0) is 52.7. The first-order valence-electron chi connectivity index (χ1n) is 28.6. The Morgan fingerprint density at radius 2 is 0.792 bits per heavy atom. The number of carboxylic acid groups (broad SMARTS) is 1. The summed E-state index contributed by atoms with van der Waals surface area (Å²) < 4.78 is 22.8. The maximum atomic E-state index is 12.9. The molecule has 0 fully saturated rings. The molecule has 0 saturated heterocycles. The normalized spacial score (nSPS) is 13.6. The summed E-state index contributed by atoms with van der Waals surface area (Å²) in [4.78, 5) is 37.4. The van der Waals surface area contributed by atoms with Crippen molar-refractivity contribution in [3.05, 3.63) is 109 Å². The second kappa shape index (κ2) is 53.2. The minimum atomic E-state index is -1.52. The highest BCUT2D eigenvalue weighted by molar-refractivity contribution is 5.71. The van der Waals surface area contributed by atoms with Crippen LogP contribution in [0.2, 0.25) is 0 Å². The van der Waals surface area contributed by atoms with Crippen LogP contribution in [0, 0.1) is 0 Å². The second-order valence-corrected chi connectivity index (χ2v) is 19.9. The molecule has 0 heterocycles. The number of rotatable bonds is 51. The first-order chi connectivity index (χ1) is 35.1. The summed E-state index contributed by atoms with van der Waals surface area (Å²) in [6, 6.07) is 0. The van der Waals surface area contributed by atoms with Crippen molar-refractivity contribution in [2.45, 2.75) is 225 Å². The average Bonchev–Trinajstić information content (AvgIpc) is 3.35. The van der Waals surface area contributed by atoms with E-state index in [0.29, 0.717) is 17.4 Å². The number of quaternary nitrogens is 1. The molecule has 0 radical (unpaired) electrons. The van der Waals surface area contributed by atoms with Crippen molar-refractivity contribution >= 4 is 17.9 Å². The molecule has 0 aromatic carbocycles. The lowest BCUT2D eigenvalue weighted by atomic mass is 10.1. The zero-order valence-corrected chi connectivity index (χ0v) is 46.5. The number of esters is 2. The van der Waals surface area contributed by atoms with Gasteiger partial charge in [0.1, 0.15) is 13.2 Å². The molecule has 0 aliphatic heterocycles. The van der Waals surface area contributed by atoms with Gasteiger partial charge < -0.3 is 28.5 Å². The van der Waals surface area contributed by atoms with E-state index in [1.54, 1.807) is 0 Å². The van der Waals surface area contributed by atoms with Gasteiger partial charge in [-0.2, -0.15) is 0 Å². The van der Waals surface area contributed by atoms with Crippen molar-refractivity contribution in [2.24, 2.45) is 0 Å². The Kier molecular flexibility index (Phi) is 50.3. The number of likely N-dealkylation sites (N-methyl/N-ethyl adjacent to an activating group) is 1. The van der Waals surface area contributed by atoms with Gasteiger partial charge in [-0.25, -0.2) is 4.79 Å². The number of carbonyl (C=O) groups is 3. The molecular weight excluding hydrogens is 899 g/mol. The summed E-state index contributed by atoms with van der Waals surface area (Å²) in [7, 11) is 5.95. The number of nitrogens with zero attached hydrogens (tertiary/aromatic N) is 1. The molecule has 0 aliphatic rings. The smallest absolute Gasteiger partial charge is 0.361 e. The third kappa shape index (κ3) is 53.7. The highest BCUT2D eigenvalue weighted by atomic mass is 16.7. The monoisotopic (exact) mass is 1000 g/mol. The fourth-order valence-electron chi connectivity index (χ4n) is 7.38. The zero-order valence-electron chi connectivity index (χ0n) is 46.5. The second-order valence-electron chi connectivity index (χ2n) is 19.9. The van der Waals surface area contributed by atoms with Crippen LogP contribution in [-0.4, -0.2) is 87.4 Å². The number of aliphatic carboxylic acids is 1. The molecule has 2 atom stereocenters. The maximum Gasteiger partial charge on any atom is 0.361 e. The molecule has 9 heteroatoms. The van der Waals surface area contributed by atoms with Gasteiger partial charge in [-0.3, -0.25) is 9.59 Å². The topological polar surface area (TPSA) is 108 Å². The van der Waals surface area contributed by atoms with Crippen LogP contribution < -0.4 is 0 Å². The Bertz CT molecular complexity index is 1540. The van der Waals surface area contributed by atoms with Crippen molar-refractivity contribution in [2.75, 3.05) is 47.5 Å². The lowest BCUT2D eigenvalue weighted by molar-refractivity contribution is -0.870. The van der Waals surface area contributed by atoms with E-state index in [1.165, 1.54) is 51.4 Å². The van der Waals surface area contributed by atoms with Crippen LogP contribution in [0.3, 0.4) is 0 Å². The average molecular weight is 1010 g/mol. The van der Waals surface area contributed by atoms with E-state index in [0.717, 1.165) is 128 Å². The Labute approximate surface area is 441 Å².